The highest BCUT2D eigenvalue weighted by Crippen LogP contribution is 2.19. The van der Waals surface area contributed by atoms with Gasteiger partial charge in [-0.1, -0.05) is 19.0 Å². The number of hydrogen-bond acceptors (Lipinski definition) is 4. The third kappa shape index (κ3) is 2.14. The van der Waals surface area contributed by atoms with Gasteiger partial charge in [0.15, 0.2) is 5.76 Å². The lowest BCUT2D eigenvalue weighted by atomic mass is 10.0. The van der Waals surface area contributed by atoms with E-state index in [1.54, 1.807) is 18.7 Å². The fraction of sp³-hybridized carbons (Fsp3) is 0.455. The summed E-state index contributed by atoms with van der Waals surface area (Å²) in [5, 5.41) is 3.67. The number of nitrogens with two attached hydrogens (primary N) is 1. The van der Waals surface area contributed by atoms with Gasteiger partial charge in [-0.2, -0.15) is 0 Å². The van der Waals surface area contributed by atoms with Gasteiger partial charge >= 0.3 is 0 Å². The normalized spacial score (nSPS) is 13.2. The van der Waals surface area contributed by atoms with Crippen LogP contribution in [0.1, 0.15) is 31.3 Å². The van der Waals surface area contributed by atoms with E-state index in [2.05, 4.69) is 24.0 Å². The van der Waals surface area contributed by atoms with E-state index in [0.717, 1.165) is 11.5 Å². The molecule has 86 valence electrons. The van der Waals surface area contributed by atoms with Gasteiger partial charge in [-0.05, 0) is 5.92 Å². The molecule has 0 amide bonds. The lowest BCUT2D eigenvalue weighted by Crippen LogP contribution is -2.20. The Morgan fingerprint density at radius 3 is 2.94 bits per heavy atom. The Bertz CT molecular complexity index is 433. The summed E-state index contributed by atoms with van der Waals surface area (Å²) in [7, 11) is 0. The van der Waals surface area contributed by atoms with Gasteiger partial charge in [0.25, 0.3) is 0 Å². The lowest BCUT2D eigenvalue weighted by molar-refractivity contribution is 0.371. The maximum absolute atomic E-state index is 6.10. The van der Waals surface area contributed by atoms with Gasteiger partial charge in [-0.15, -0.1) is 0 Å². The van der Waals surface area contributed by atoms with E-state index in [9.17, 15) is 0 Å². The summed E-state index contributed by atoms with van der Waals surface area (Å²) < 4.78 is 7.05. The van der Waals surface area contributed by atoms with Crippen molar-refractivity contribution < 1.29 is 4.52 Å². The van der Waals surface area contributed by atoms with Crippen LogP contribution in [-0.4, -0.2) is 14.7 Å². The lowest BCUT2D eigenvalue weighted by Gasteiger charge is -2.17. The van der Waals surface area contributed by atoms with Crippen LogP contribution in [0.5, 0.6) is 0 Å². The minimum atomic E-state index is -0.00887. The summed E-state index contributed by atoms with van der Waals surface area (Å²) in [6.07, 6.45) is 5.20. The molecule has 16 heavy (non-hydrogen) atoms. The molecule has 0 saturated carbocycles. The number of aromatic nitrogens is 3. The minimum Gasteiger partial charge on any atom is -0.359 e. The second-order valence-electron chi connectivity index (χ2n) is 4.19. The summed E-state index contributed by atoms with van der Waals surface area (Å²) in [5.74, 6) is 1.18. The molecule has 0 aliphatic rings. The second-order valence-corrected chi connectivity index (χ2v) is 4.19. The third-order valence-corrected chi connectivity index (χ3v) is 2.62. The van der Waals surface area contributed by atoms with Crippen LogP contribution >= 0.6 is 0 Å². The molecular formula is C11H16N4O. The van der Waals surface area contributed by atoms with E-state index in [-0.39, 0.29) is 6.04 Å². The zero-order chi connectivity index (χ0) is 11.5. The Hall–Kier alpha value is -1.62. The molecule has 0 spiro atoms. The second kappa shape index (κ2) is 4.49. The average molecular weight is 220 g/mol. The van der Waals surface area contributed by atoms with Crippen LogP contribution in [0, 0.1) is 5.92 Å². The average Bonchev–Trinajstić information content (AvgIpc) is 2.88. The van der Waals surface area contributed by atoms with E-state index in [1.807, 2.05) is 10.6 Å². The Kier molecular flexibility index (Phi) is 3.05. The van der Waals surface area contributed by atoms with Crippen molar-refractivity contribution in [3.63, 3.8) is 0 Å². The standard InChI is InChI=1S/C11H16N4O/c1-8(2)11(12)10-5-13-7-15(10)6-9-3-4-14-16-9/h3-5,7-8,11H,6,12H2,1-2H3. The summed E-state index contributed by atoms with van der Waals surface area (Å²) in [5.41, 5.74) is 7.12. The summed E-state index contributed by atoms with van der Waals surface area (Å²) in [6.45, 7) is 4.81. The maximum Gasteiger partial charge on any atom is 0.156 e. The molecule has 1 atom stereocenters. The molecule has 2 aromatic rings. The van der Waals surface area contributed by atoms with Gasteiger partial charge in [0, 0.05) is 18.3 Å². The molecule has 0 aliphatic heterocycles. The predicted octanol–water partition coefficient (Wildman–Crippen LogP) is 1.58. The summed E-state index contributed by atoms with van der Waals surface area (Å²) >= 11 is 0. The quantitative estimate of drug-likeness (QED) is 0.849. The first-order chi connectivity index (χ1) is 7.68. The van der Waals surface area contributed by atoms with Gasteiger partial charge in [0.2, 0.25) is 0 Å². The number of nitrogens with zero attached hydrogens (tertiary/aromatic N) is 3. The van der Waals surface area contributed by atoms with Crippen molar-refractivity contribution in [2.24, 2.45) is 11.7 Å². The largest absolute Gasteiger partial charge is 0.359 e. The third-order valence-electron chi connectivity index (χ3n) is 2.62. The molecule has 0 fully saturated rings. The fourth-order valence-corrected chi connectivity index (χ4v) is 1.57. The van der Waals surface area contributed by atoms with Crippen LogP contribution in [0.15, 0.2) is 29.3 Å². The highest BCUT2D eigenvalue weighted by molar-refractivity contribution is 5.08. The molecule has 5 heteroatoms. The Morgan fingerprint density at radius 1 is 1.50 bits per heavy atom. The van der Waals surface area contributed by atoms with Crippen molar-refractivity contribution in [3.8, 4) is 0 Å². The molecule has 0 aromatic carbocycles. The number of rotatable bonds is 4. The van der Waals surface area contributed by atoms with Crippen molar-refractivity contribution in [2.45, 2.75) is 26.4 Å². The Labute approximate surface area is 94.3 Å². The van der Waals surface area contributed by atoms with E-state index >= 15 is 0 Å². The maximum atomic E-state index is 6.10. The van der Waals surface area contributed by atoms with Crippen LogP contribution in [0.2, 0.25) is 0 Å². The van der Waals surface area contributed by atoms with Gasteiger partial charge < -0.3 is 14.8 Å². The molecule has 1 unspecified atom stereocenters. The van der Waals surface area contributed by atoms with Crippen LogP contribution in [0.4, 0.5) is 0 Å². The molecule has 0 radical (unpaired) electrons. The van der Waals surface area contributed by atoms with Gasteiger partial charge in [0.05, 0.1) is 24.8 Å². The van der Waals surface area contributed by atoms with Crippen molar-refractivity contribution in [1.82, 2.24) is 14.7 Å². The number of imidazole rings is 1. The monoisotopic (exact) mass is 220 g/mol. The molecule has 2 heterocycles. The van der Waals surface area contributed by atoms with Gasteiger partial charge in [0.1, 0.15) is 0 Å². The van der Waals surface area contributed by atoms with Crippen LogP contribution in [0.25, 0.3) is 0 Å². The van der Waals surface area contributed by atoms with Crippen LogP contribution < -0.4 is 5.73 Å². The van der Waals surface area contributed by atoms with Crippen LogP contribution in [0.3, 0.4) is 0 Å². The zero-order valence-electron chi connectivity index (χ0n) is 9.50. The van der Waals surface area contributed by atoms with E-state index in [1.165, 1.54) is 0 Å². The summed E-state index contributed by atoms with van der Waals surface area (Å²) in [4.78, 5) is 4.13. The zero-order valence-corrected chi connectivity index (χ0v) is 9.50. The van der Waals surface area contributed by atoms with Crippen molar-refractivity contribution in [2.75, 3.05) is 0 Å². The topological polar surface area (TPSA) is 69.9 Å². The smallest absolute Gasteiger partial charge is 0.156 e. The van der Waals surface area contributed by atoms with E-state index in [4.69, 9.17) is 10.3 Å². The molecule has 0 bridgehead atoms. The fourth-order valence-electron chi connectivity index (χ4n) is 1.57. The first kappa shape index (κ1) is 10.9. The predicted molar refractivity (Wildman–Crippen MR) is 59.6 cm³/mol. The summed E-state index contributed by atoms with van der Waals surface area (Å²) in [6, 6.07) is 1.83. The Morgan fingerprint density at radius 2 is 2.31 bits per heavy atom. The molecule has 0 saturated heterocycles. The van der Waals surface area contributed by atoms with Crippen molar-refractivity contribution >= 4 is 0 Å². The van der Waals surface area contributed by atoms with E-state index in [0.29, 0.717) is 12.5 Å². The van der Waals surface area contributed by atoms with Crippen molar-refractivity contribution in [3.05, 3.63) is 36.2 Å². The highest BCUT2D eigenvalue weighted by Gasteiger charge is 2.15. The highest BCUT2D eigenvalue weighted by atomic mass is 16.5. The molecule has 0 aliphatic carbocycles. The molecule has 2 rings (SSSR count). The first-order valence-corrected chi connectivity index (χ1v) is 5.33. The number of hydrogen-bond donors (Lipinski definition) is 1. The van der Waals surface area contributed by atoms with Crippen molar-refractivity contribution in [1.29, 1.82) is 0 Å². The molecule has 2 aromatic heterocycles. The van der Waals surface area contributed by atoms with Crippen LogP contribution in [-0.2, 0) is 6.54 Å². The first-order valence-electron chi connectivity index (χ1n) is 5.33. The van der Waals surface area contributed by atoms with Gasteiger partial charge in [-0.3, -0.25) is 0 Å². The van der Waals surface area contributed by atoms with E-state index < -0.39 is 0 Å². The molecule has 2 N–H and O–H groups in total. The Balaban J connectivity index is 2.19. The SMILES string of the molecule is CC(C)C(N)c1cncn1Cc1ccno1. The van der Waals surface area contributed by atoms with Gasteiger partial charge in [-0.25, -0.2) is 4.98 Å². The molecule has 5 nitrogen and oxygen atoms in total. The molecular weight excluding hydrogens is 204 g/mol. The minimum absolute atomic E-state index is 0.00887.